The molecule has 2 heterocycles. The number of hydrogen-bond acceptors (Lipinski definition) is 5. The van der Waals surface area contributed by atoms with E-state index in [0.717, 1.165) is 23.5 Å². The van der Waals surface area contributed by atoms with Gasteiger partial charge in [-0.05, 0) is 30.3 Å². The highest BCUT2D eigenvalue weighted by Crippen LogP contribution is 2.32. The molecule has 2 aromatic heterocycles. The molecular weight excluding hydrogens is 339 g/mol. The molecular formula is C16H10F3N3OS. The summed E-state index contributed by atoms with van der Waals surface area (Å²) >= 11 is 1.07. The van der Waals surface area contributed by atoms with Gasteiger partial charge in [-0.25, -0.2) is 4.98 Å². The van der Waals surface area contributed by atoms with E-state index in [1.165, 1.54) is 30.7 Å². The topological polar surface area (TPSA) is 54.9 Å². The molecule has 1 N–H and O–H groups in total. The van der Waals surface area contributed by atoms with Crippen molar-refractivity contribution in [2.75, 3.05) is 5.32 Å². The molecule has 3 aromatic rings. The fourth-order valence-corrected chi connectivity index (χ4v) is 2.78. The van der Waals surface area contributed by atoms with Crippen molar-refractivity contribution in [3.05, 3.63) is 71.0 Å². The third-order valence-corrected chi connectivity index (χ3v) is 4.02. The molecule has 24 heavy (non-hydrogen) atoms. The first-order valence-electron chi connectivity index (χ1n) is 6.78. The Bertz CT molecular complexity index is 862. The van der Waals surface area contributed by atoms with Gasteiger partial charge in [0.15, 0.2) is 5.13 Å². The minimum absolute atomic E-state index is 0.216. The predicted octanol–water partition coefficient (Wildman–Crippen LogP) is 4.53. The second-order valence-electron chi connectivity index (χ2n) is 4.80. The third kappa shape index (κ3) is 3.60. The van der Waals surface area contributed by atoms with E-state index < -0.39 is 11.7 Å². The molecule has 0 spiro atoms. The number of alkyl halides is 3. The molecule has 0 amide bonds. The molecule has 0 aliphatic rings. The van der Waals surface area contributed by atoms with Crippen molar-refractivity contribution in [1.29, 1.82) is 0 Å². The number of nitrogens with one attached hydrogen (secondary N) is 1. The molecule has 0 atom stereocenters. The van der Waals surface area contributed by atoms with Crippen LogP contribution >= 0.6 is 11.3 Å². The summed E-state index contributed by atoms with van der Waals surface area (Å²) in [4.78, 5) is 20.5. The maximum atomic E-state index is 12.7. The Balaban J connectivity index is 1.79. The van der Waals surface area contributed by atoms with Crippen LogP contribution in [-0.4, -0.2) is 15.8 Å². The Kier molecular flexibility index (Phi) is 4.30. The number of pyridine rings is 1. The summed E-state index contributed by atoms with van der Waals surface area (Å²) in [6, 6.07) is 7.96. The number of hydrogen-bond donors (Lipinski definition) is 1. The van der Waals surface area contributed by atoms with Crippen LogP contribution in [0.4, 0.5) is 24.0 Å². The van der Waals surface area contributed by atoms with Gasteiger partial charge >= 0.3 is 6.18 Å². The smallest absolute Gasteiger partial charge is 0.332 e. The van der Waals surface area contributed by atoms with Crippen molar-refractivity contribution in [3.63, 3.8) is 0 Å². The largest absolute Gasteiger partial charge is 0.416 e. The molecule has 0 unspecified atom stereocenters. The number of ketones is 1. The number of nitrogens with zero attached hydrogens (tertiary/aromatic N) is 2. The van der Waals surface area contributed by atoms with Crippen molar-refractivity contribution in [3.8, 4) is 0 Å². The van der Waals surface area contributed by atoms with Gasteiger partial charge in [-0.3, -0.25) is 9.78 Å². The van der Waals surface area contributed by atoms with Crippen molar-refractivity contribution < 1.29 is 18.0 Å². The van der Waals surface area contributed by atoms with E-state index in [2.05, 4.69) is 15.3 Å². The lowest BCUT2D eigenvalue weighted by molar-refractivity contribution is -0.137. The number of thiazole rings is 1. The van der Waals surface area contributed by atoms with Crippen LogP contribution in [0.1, 0.15) is 20.8 Å². The Labute approximate surface area is 139 Å². The molecule has 0 radical (unpaired) electrons. The van der Waals surface area contributed by atoms with Gasteiger partial charge in [0.2, 0.25) is 5.78 Å². The van der Waals surface area contributed by atoms with E-state index in [9.17, 15) is 18.0 Å². The highest BCUT2D eigenvalue weighted by molar-refractivity contribution is 7.17. The lowest BCUT2D eigenvalue weighted by atomic mass is 10.1. The van der Waals surface area contributed by atoms with Gasteiger partial charge in [-0.1, -0.05) is 17.4 Å². The molecule has 8 heteroatoms. The van der Waals surface area contributed by atoms with Gasteiger partial charge in [-0.2, -0.15) is 13.2 Å². The number of anilines is 2. The average molecular weight is 349 g/mol. The zero-order chi connectivity index (χ0) is 17.2. The number of benzene rings is 1. The molecule has 0 bridgehead atoms. The van der Waals surface area contributed by atoms with Crippen LogP contribution in [0.5, 0.6) is 0 Å². The Morgan fingerprint density at radius 3 is 2.58 bits per heavy atom. The normalized spacial score (nSPS) is 11.3. The lowest BCUT2D eigenvalue weighted by Crippen LogP contribution is -2.05. The summed E-state index contributed by atoms with van der Waals surface area (Å²) in [7, 11) is 0. The van der Waals surface area contributed by atoms with Gasteiger partial charge < -0.3 is 5.32 Å². The fourth-order valence-electron chi connectivity index (χ4n) is 1.98. The second-order valence-corrected chi connectivity index (χ2v) is 5.83. The minimum atomic E-state index is -4.41. The number of carbonyl (C=O) groups excluding carboxylic acids is 1. The summed E-state index contributed by atoms with van der Waals surface area (Å²) in [5.74, 6) is -0.216. The van der Waals surface area contributed by atoms with E-state index in [-0.39, 0.29) is 11.5 Å². The van der Waals surface area contributed by atoms with Gasteiger partial charge in [0.1, 0.15) is 0 Å². The minimum Gasteiger partial charge on any atom is -0.332 e. The van der Waals surface area contributed by atoms with Crippen LogP contribution in [0, 0.1) is 0 Å². The molecule has 0 aliphatic carbocycles. The summed E-state index contributed by atoms with van der Waals surface area (Å²) in [6.45, 7) is 0. The summed E-state index contributed by atoms with van der Waals surface area (Å²) < 4.78 is 38.1. The van der Waals surface area contributed by atoms with Crippen molar-refractivity contribution in [1.82, 2.24) is 9.97 Å². The molecule has 0 fully saturated rings. The zero-order valence-electron chi connectivity index (χ0n) is 12.0. The van der Waals surface area contributed by atoms with E-state index in [4.69, 9.17) is 0 Å². The Morgan fingerprint density at radius 1 is 1.12 bits per heavy atom. The van der Waals surface area contributed by atoms with Crippen LogP contribution in [0.2, 0.25) is 0 Å². The monoisotopic (exact) mass is 349 g/mol. The summed E-state index contributed by atoms with van der Waals surface area (Å²) in [5, 5.41) is 3.13. The number of carbonyl (C=O) groups is 1. The molecule has 0 saturated carbocycles. The fraction of sp³-hybridized carbons (Fsp3) is 0.0625. The quantitative estimate of drug-likeness (QED) is 0.703. The van der Waals surface area contributed by atoms with Crippen LogP contribution in [0.25, 0.3) is 0 Å². The second kappa shape index (κ2) is 6.40. The van der Waals surface area contributed by atoms with E-state index in [0.29, 0.717) is 15.6 Å². The van der Waals surface area contributed by atoms with E-state index in [1.54, 1.807) is 12.1 Å². The summed E-state index contributed by atoms with van der Waals surface area (Å²) in [5.41, 5.74) is -0.0292. The molecule has 122 valence electrons. The first kappa shape index (κ1) is 16.1. The maximum Gasteiger partial charge on any atom is 0.416 e. The number of aromatic nitrogens is 2. The molecule has 0 aliphatic heterocycles. The van der Waals surface area contributed by atoms with Crippen molar-refractivity contribution >= 4 is 27.9 Å². The number of halogens is 3. The van der Waals surface area contributed by atoms with Gasteiger partial charge in [0, 0.05) is 23.6 Å². The van der Waals surface area contributed by atoms with E-state index in [1.807, 2.05) is 0 Å². The Morgan fingerprint density at radius 2 is 1.88 bits per heavy atom. The standard InChI is InChI=1S/C16H10F3N3OS/c17-16(18,19)11-2-1-3-12(8-11)22-15-21-9-13(24-15)14(23)10-4-6-20-7-5-10/h1-9H,(H,21,22). The SMILES string of the molecule is O=C(c1ccncc1)c1cnc(Nc2cccc(C(F)(F)F)c2)s1. The first-order valence-corrected chi connectivity index (χ1v) is 7.60. The maximum absolute atomic E-state index is 12.7. The van der Waals surface area contributed by atoms with Crippen LogP contribution in [0.3, 0.4) is 0 Å². The lowest BCUT2D eigenvalue weighted by Gasteiger charge is -2.08. The van der Waals surface area contributed by atoms with Gasteiger partial charge in [0.25, 0.3) is 0 Å². The zero-order valence-corrected chi connectivity index (χ0v) is 12.9. The third-order valence-electron chi connectivity index (χ3n) is 3.11. The van der Waals surface area contributed by atoms with Gasteiger partial charge in [-0.15, -0.1) is 0 Å². The van der Waals surface area contributed by atoms with Crippen molar-refractivity contribution in [2.45, 2.75) is 6.18 Å². The average Bonchev–Trinajstić information content (AvgIpc) is 3.03. The van der Waals surface area contributed by atoms with Gasteiger partial charge in [0.05, 0.1) is 16.6 Å². The first-order chi connectivity index (χ1) is 11.4. The van der Waals surface area contributed by atoms with Crippen LogP contribution in [-0.2, 0) is 6.18 Å². The van der Waals surface area contributed by atoms with Crippen molar-refractivity contribution in [2.24, 2.45) is 0 Å². The van der Waals surface area contributed by atoms with Crippen LogP contribution in [0.15, 0.2) is 55.0 Å². The van der Waals surface area contributed by atoms with Crippen LogP contribution < -0.4 is 5.32 Å². The molecule has 3 rings (SSSR count). The highest BCUT2D eigenvalue weighted by atomic mass is 32.1. The predicted molar refractivity (Wildman–Crippen MR) is 84.5 cm³/mol. The molecule has 1 aromatic carbocycles. The number of rotatable bonds is 4. The molecule has 0 saturated heterocycles. The highest BCUT2D eigenvalue weighted by Gasteiger charge is 2.30. The molecule has 4 nitrogen and oxygen atoms in total. The van der Waals surface area contributed by atoms with E-state index >= 15 is 0 Å². The summed E-state index contributed by atoms with van der Waals surface area (Å²) in [6.07, 6.45) is -0.00145. The Hall–Kier alpha value is -2.74.